The highest BCUT2D eigenvalue weighted by molar-refractivity contribution is 7.89. The third-order valence-corrected chi connectivity index (χ3v) is 6.02. The predicted octanol–water partition coefficient (Wildman–Crippen LogP) is 1.69. The Balaban J connectivity index is 1.73. The van der Waals surface area contributed by atoms with E-state index in [1.54, 1.807) is 18.3 Å². The molecule has 0 amide bonds. The Kier molecular flexibility index (Phi) is 5.34. The van der Waals surface area contributed by atoms with Crippen LogP contribution in [0, 0.1) is 0 Å². The van der Waals surface area contributed by atoms with Gasteiger partial charge in [-0.05, 0) is 35.9 Å². The van der Waals surface area contributed by atoms with E-state index in [0.29, 0.717) is 31.7 Å². The van der Waals surface area contributed by atoms with E-state index in [9.17, 15) is 13.2 Å². The van der Waals surface area contributed by atoms with Crippen LogP contribution in [0.3, 0.4) is 0 Å². The Labute approximate surface area is 152 Å². The third kappa shape index (κ3) is 4.09. The van der Waals surface area contributed by atoms with Gasteiger partial charge in [0.15, 0.2) is 0 Å². The van der Waals surface area contributed by atoms with Crippen molar-refractivity contribution in [2.45, 2.75) is 4.90 Å². The van der Waals surface area contributed by atoms with Crippen molar-refractivity contribution in [1.29, 1.82) is 0 Å². The quantitative estimate of drug-likeness (QED) is 0.802. The van der Waals surface area contributed by atoms with E-state index in [2.05, 4.69) is 9.88 Å². The Bertz CT molecular complexity index is 905. The number of anilines is 1. The number of aromatic nitrogens is 1. The summed E-state index contributed by atoms with van der Waals surface area (Å²) in [4.78, 5) is 17.1. The van der Waals surface area contributed by atoms with E-state index < -0.39 is 16.0 Å². The zero-order valence-corrected chi connectivity index (χ0v) is 14.8. The number of aliphatic carboxylic acids is 1. The van der Waals surface area contributed by atoms with Gasteiger partial charge in [-0.2, -0.15) is 4.31 Å². The van der Waals surface area contributed by atoms with E-state index in [-0.39, 0.29) is 4.90 Å². The molecule has 8 heteroatoms. The van der Waals surface area contributed by atoms with Crippen LogP contribution in [-0.4, -0.2) is 55.0 Å². The molecule has 0 saturated carbocycles. The van der Waals surface area contributed by atoms with E-state index in [0.717, 1.165) is 11.9 Å². The third-order valence-electron chi connectivity index (χ3n) is 4.13. The number of pyridine rings is 1. The van der Waals surface area contributed by atoms with Gasteiger partial charge in [-0.25, -0.2) is 18.2 Å². The van der Waals surface area contributed by atoms with Crippen molar-refractivity contribution < 1.29 is 18.3 Å². The van der Waals surface area contributed by atoms with E-state index in [1.807, 2.05) is 18.2 Å². The first kappa shape index (κ1) is 18.1. The molecule has 7 nitrogen and oxygen atoms in total. The predicted molar refractivity (Wildman–Crippen MR) is 98.3 cm³/mol. The second-order valence-corrected chi connectivity index (χ2v) is 7.76. The normalized spacial score (nSPS) is 16.1. The molecule has 0 spiro atoms. The van der Waals surface area contributed by atoms with Gasteiger partial charge in [-0.3, -0.25) is 0 Å². The lowest BCUT2D eigenvalue weighted by Crippen LogP contribution is -2.48. The number of carboxylic acids is 1. The van der Waals surface area contributed by atoms with Gasteiger partial charge in [0.2, 0.25) is 10.0 Å². The Morgan fingerprint density at radius 2 is 1.85 bits per heavy atom. The zero-order valence-electron chi connectivity index (χ0n) is 14.0. The largest absolute Gasteiger partial charge is 0.478 e. The maximum absolute atomic E-state index is 12.9. The van der Waals surface area contributed by atoms with Crippen molar-refractivity contribution in [3.05, 3.63) is 60.3 Å². The number of nitrogens with zero attached hydrogens (tertiary/aromatic N) is 3. The van der Waals surface area contributed by atoms with Gasteiger partial charge in [0, 0.05) is 38.5 Å². The van der Waals surface area contributed by atoms with Crippen LogP contribution in [0.25, 0.3) is 6.08 Å². The fourth-order valence-corrected chi connectivity index (χ4v) is 4.27. The minimum Gasteiger partial charge on any atom is -0.478 e. The van der Waals surface area contributed by atoms with Gasteiger partial charge in [-0.1, -0.05) is 18.2 Å². The minimum atomic E-state index is -3.62. The Morgan fingerprint density at radius 1 is 1.08 bits per heavy atom. The molecule has 3 rings (SSSR count). The summed E-state index contributed by atoms with van der Waals surface area (Å²) >= 11 is 0. The molecule has 1 aromatic heterocycles. The maximum atomic E-state index is 12.9. The number of carboxylic acid groups (broad SMARTS) is 1. The summed E-state index contributed by atoms with van der Waals surface area (Å²) in [7, 11) is -3.62. The van der Waals surface area contributed by atoms with E-state index in [1.165, 1.54) is 22.5 Å². The molecule has 0 atom stereocenters. The second-order valence-electron chi connectivity index (χ2n) is 5.82. The number of hydrogen-bond acceptors (Lipinski definition) is 5. The molecule has 0 radical (unpaired) electrons. The highest BCUT2D eigenvalue weighted by Gasteiger charge is 2.28. The van der Waals surface area contributed by atoms with Crippen molar-refractivity contribution in [2.75, 3.05) is 31.1 Å². The van der Waals surface area contributed by atoms with Crippen LogP contribution in [0.2, 0.25) is 0 Å². The van der Waals surface area contributed by atoms with Crippen LogP contribution in [0.15, 0.2) is 59.6 Å². The fraction of sp³-hybridized carbons (Fsp3) is 0.222. The van der Waals surface area contributed by atoms with Crippen LogP contribution in [0.4, 0.5) is 5.82 Å². The van der Waals surface area contributed by atoms with E-state index in [4.69, 9.17) is 5.11 Å². The molecule has 26 heavy (non-hydrogen) atoms. The summed E-state index contributed by atoms with van der Waals surface area (Å²) in [5.74, 6) is -0.241. The standard InChI is InChI=1S/C18H19N3O4S/c22-18(23)8-7-15-4-3-5-16(14-15)26(24,25)21-12-10-20(11-13-21)17-6-1-2-9-19-17/h1-9,14H,10-13H2,(H,22,23)/b8-7+. The lowest BCUT2D eigenvalue weighted by atomic mass is 10.2. The molecule has 1 N–H and O–H groups in total. The van der Waals surface area contributed by atoms with Gasteiger partial charge in [-0.15, -0.1) is 0 Å². The van der Waals surface area contributed by atoms with Gasteiger partial charge in [0.05, 0.1) is 4.90 Å². The monoisotopic (exact) mass is 373 g/mol. The Morgan fingerprint density at radius 3 is 2.50 bits per heavy atom. The van der Waals surface area contributed by atoms with Crippen LogP contribution >= 0.6 is 0 Å². The molecular formula is C18H19N3O4S. The van der Waals surface area contributed by atoms with Gasteiger partial charge >= 0.3 is 5.97 Å². The van der Waals surface area contributed by atoms with Crippen molar-refractivity contribution in [2.24, 2.45) is 0 Å². The van der Waals surface area contributed by atoms with Crippen molar-refractivity contribution >= 4 is 27.9 Å². The zero-order chi connectivity index (χ0) is 18.6. The summed E-state index contributed by atoms with van der Waals surface area (Å²) in [6.07, 6.45) is 4.08. The SMILES string of the molecule is O=C(O)/C=C/c1cccc(S(=O)(=O)N2CCN(c3ccccn3)CC2)c1. The summed E-state index contributed by atoms with van der Waals surface area (Å²) in [6, 6.07) is 11.9. The molecule has 2 heterocycles. The molecule has 1 aliphatic heterocycles. The number of piperazine rings is 1. The lowest BCUT2D eigenvalue weighted by Gasteiger charge is -2.34. The van der Waals surface area contributed by atoms with Crippen LogP contribution in [-0.2, 0) is 14.8 Å². The summed E-state index contributed by atoms with van der Waals surface area (Å²) in [5.41, 5.74) is 0.528. The summed E-state index contributed by atoms with van der Waals surface area (Å²) in [6.45, 7) is 1.87. The van der Waals surface area contributed by atoms with E-state index >= 15 is 0 Å². The molecule has 136 valence electrons. The second kappa shape index (κ2) is 7.67. The molecule has 1 aromatic carbocycles. The van der Waals surface area contributed by atoms with Gasteiger partial charge in [0.25, 0.3) is 0 Å². The first-order chi connectivity index (χ1) is 12.5. The van der Waals surface area contributed by atoms with Crippen molar-refractivity contribution in [1.82, 2.24) is 9.29 Å². The smallest absolute Gasteiger partial charge is 0.328 e. The molecule has 0 unspecified atom stereocenters. The average Bonchev–Trinajstić information content (AvgIpc) is 2.67. The lowest BCUT2D eigenvalue weighted by molar-refractivity contribution is -0.131. The molecular weight excluding hydrogens is 354 g/mol. The van der Waals surface area contributed by atoms with Crippen molar-refractivity contribution in [3.8, 4) is 0 Å². The minimum absolute atomic E-state index is 0.163. The fourth-order valence-electron chi connectivity index (χ4n) is 2.79. The number of carbonyl (C=O) groups is 1. The highest BCUT2D eigenvalue weighted by Crippen LogP contribution is 2.21. The van der Waals surface area contributed by atoms with Crippen LogP contribution in [0.5, 0.6) is 0 Å². The number of rotatable bonds is 5. The van der Waals surface area contributed by atoms with Crippen LogP contribution < -0.4 is 4.90 Å². The van der Waals surface area contributed by atoms with Gasteiger partial charge < -0.3 is 10.0 Å². The van der Waals surface area contributed by atoms with Gasteiger partial charge in [0.1, 0.15) is 5.82 Å². The number of hydrogen-bond donors (Lipinski definition) is 1. The number of sulfonamides is 1. The Hall–Kier alpha value is -2.71. The molecule has 2 aromatic rings. The summed E-state index contributed by atoms with van der Waals surface area (Å²) in [5, 5.41) is 8.70. The molecule has 0 bridgehead atoms. The summed E-state index contributed by atoms with van der Waals surface area (Å²) < 4.78 is 27.2. The van der Waals surface area contributed by atoms with Crippen LogP contribution in [0.1, 0.15) is 5.56 Å². The average molecular weight is 373 g/mol. The molecule has 1 saturated heterocycles. The molecule has 1 aliphatic rings. The van der Waals surface area contributed by atoms with Crippen molar-refractivity contribution in [3.63, 3.8) is 0 Å². The first-order valence-electron chi connectivity index (χ1n) is 8.14. The molecule has 0 aliphatic carbocycles. The number of benzene rings is 1. The topological polar surface area (TPSA) is 90.8 Å². The first-order valence-corrected chi connectivity index (χ1v) is 9.58. The highest BCUT2D eigenvalue weighted by atomic mass is 32.2. The maximum Gasteiger partial charge on any atom is 0.328 e. The molecule has 1 fully saturated rings.